The molecule has 10 aromatic rings. The van der Waals surface area contributed by atoms with E-state index < -0.39 is 0 Å². The number of benzene rings is 9. The number of hydrogen-bond donors (Lipinski definition) is 0. The standard InChI is InChI=1S/C52H34N2/c1-4-14-35(15-5-1)37-24-26-40(27-25-37)52-53-49(48-32-41(36-16-6-2-7-17-36)29-30-44(48)38-18-8-3-9-19-38)34-50(54-52)51-45-23-13-11-21-42(45)33-47-43-22-12-10-20-39(43)28-31-46(47)51/h1-34H. The van der Waals surface area contributed by atoms with Crippen LogP contribution < -0.4 is 0 Å². The van der Waals surface area contributed by atoms with E-state index in [1.54, 1.807) is 0 Å². The fraction of sp³-hybridized carbons (Fsp3) is 0. The summed E-state index contributed by atoms with van der Waals surface area (Å²) in [6, 6.07) is 73.4. The van der Waals surface area contributed by atoms with Gasteiger partial charge in [0.15, 0.2) is 5.82 Å². The van der Waals surface area contributed by atoms with Crippen molar-refractivity contribution < 1.29 is 0 Å². The van der Waals surface area contributed by atoms with Crippen LogP contribution in [0.25, 0.3) is 99.6 Å². The van der Waals surface area contributed by atoms with Crippen LogP contribution in [0.4, 0.5) is 0 Å². The van der Waals surface area contributed by atoms with Gasteiger partial charge in [-0.05, 0) is 83.9 Å². The summed E-state index contributed by atoms with van der Waals surface area (Å²) in [5, 5.41) is 7.18. The molecule has 2 heteroatoms. The molecule has 1 aromatic heterocycles. The Morgan fingerprint density at radius 1 is 0.259 bits per heavy atom. The Kier molecular flexibility index (Phi) is 7.85. The molecule has 0 atom stereocenters. The predicted octanol–water partition coefficient (Wildman–Crippen LogP) is 13.9. The monoisotopic (exact) mass is 686 g/mol. The number of aromatic nitrogens is 2. The SMILES string of the molecule is c1ccc(-c2ccc(-c3nc(-c4cc(-c5ccccc5)ccc4-c4ccccc4)cc(-c4c5ccccc5cc5c4ccc4ccccc45)n3)cc2)cc1. The highest BCUT2D eigenvalue weighted by Gasteiger charge is 2.19. The topological polar surface area (TPSA) is 25.8 Å². The Bertz CT molecular complexity index is 2950. The molecule has 0 aliphatic rings. The molecule has 0 aliphatic carbocycles. The van der Waals surface area contributed by atoms with E-state index in [2.05, 4.69) is 206 Å². The van der Waals surface area contributed by atoms with Crippen LogP contribution in [0.3, 0.4) is 0 Å². The summed E-state index contributed by atoms with van der Waals surface area (Å²) in [7, 11) is 0. The largest absolute Gasteiger partial charge is 0.228 e. The van der Waals surface area contributed by atoms with Gasteiger partial charge in [-0.2, -0.15) is 0 Å². The van der Waals surface area contributed by atoms with Crippen LogP contribution in [0.15, 0.2) is 206 Å². The molecule has 0 radical (unpaired) electrons. The lowest BCUT2D eigenvalue weighted by molar-refractivity contribution is 1.19. The van der Waals surface area contributed by atoms with Gasteiger partial charge in [0.25, 0.3) is 0 Å². The minimum absolute atomic E-state index is 0.688. The van der Waals surface area contributed by atoms with Gasteiger partial charge in [0.2, 0.25) is 0 Å². The van der Waals surface area contributed by atoms with E-state index in [4.69, 9.17) is 9.97 Å². The van der Waals surface area contributed by atoms with Gasteiger partial charge in [0.05, 0.1) is 11.4 Å². The lowest BCUT2D eigenvalue weighted by atomic mass is 9.90. The van der Waals surface area contributed by atoms with Crippen molar-refractivity contribution in [3.63, 3.8) is 0 Å². The molecular weight excluding hydrogens is 653 g/mol. The summed E-state index contributed by atoms with van der Waals surface area (Å²) in [4.78, 5) is 10.9. The first-order chi connectivity index (χ1) is 26.8. The van der Waals surface area contributed by atoms with Gasteiger partial charge in [-0.25, -0.2) is 9.97 Å². The molecule has 0 saturated heterocycles. The van der Waals surface area contributed by atoms with Gasteiger partial charge in [-0.15, -0.1) is 0 Å². The summed E-state index contributed by atoms with van der Waals surface area (Å²) < 4.78 is 0. The molecule has 0 N–H and O–H groups in total. The summed E-state index contributed by atoms with van der Waals surface area (Å²) in [5.74, 6) is 0.688. The first-order valence-electron chi connectivity index (χ1n) is 18.4. The maximum Gasteiger partial charge on any atom is 0.160 e. The second-order valence-corrected chi connectivity index (χ2v) is 13.8. The Hall–Kier alpha value is -7.16. The lowest BCUT2D eigenvalue weighted by Gasteiger charge is -2.17. The zero-order valence-electron chi connectivity index (χ0n) is 29.5. The molecule has 0 aliphatic heterocycles. The molecule has 0 spiro atoms. The first kappa shape index (κ1) is 31.6. The Morgan fingerprint density at radius 2 is 0.796 bits per heavy atom. The molecule has 9 aromatic carbocycles. The summed E-state index contributed by atoms with van der Waals surface area (Å²) in [5.41, 5.74) is 11.8. The highest BCUT2D eigenvalue weighted by molar-refractivity contribution is 6.19. The van der Waals surface area contributed by atoms with E-state index >= 15 is 0 Å². The predicted molar refractivity (Wildman–Crippen MR) is 227 cm³/mol. The van der Waals surface area contributed by atoms with E-state index in [1.165, 1.54) is 32.5 Å². The summed E-state index contributed by atoms with van der Waals surface area (Å²) >= 11 is 0. The third-order valence-corrected chi connectivity index (χ3v) is 10.5. The second-order valence-electron chi connectivity index (χ2n) is 13.8. The molecule has 0 saturated carbocycles. The smallest absolute Gasteiger partial charge is 0.160 e. The van der Waals surface area contributed by atoms with Crippen molar-refractivity contribution in [3.05, 3.63) is 206 Å². The molecule has 252 valence electrons. The van der Waals surface area contributed by atoms with Crippen LogP contribution in [0.2, 0.25) is 0 Å². The number of nitrogens with zero attached hydrogens (tertiary/aromatic N) is 2. The average Bonchev–Trinajstić information content (AvgIpc) is 3.26. The van der Waals surface area contributed by atoms with Crippen molar-refractivity contribution in [3.8, 4) is 67.3 Å². The van der Waals surface area contributed by atoms with Gasteiger partial charge in [-0.1, -0.05) is 188 Å². The Labute approximate surface area is 314 Å². The molecule has 0 fully saturated rings. The van der Waals surface area contributed by atoms with Gasteiger partial charge in [0.1, 0.15) is 0 Å². The summed E-state index contributed by atoms with van der Waals surface area (Å²) in [6.45, 7) is 0. The second kappa shape index (κ2) is 13.4. The third-order valence-electron chi connectivity index (χ3n) is 10.5. The van der Waals surface area contributed by atoms with Crippen LogP contribution in [0.1, 0.15) is 0 Å². The fourth-order valence-corrected chi connectivity index (χ4v) is 7.82. The van der Waals surface area contributed by atoms with Crippen molar-refractivity contribution in [2.45, 2.75) is 0 Å². The zero-order valence-corrected chi connectivity index (χ0v) is 29.5. The number of hydrogen-bond acceptors (Lipinski definition) is 2. The van der Waals surface area contributed by atoms with Crippen LogP contribution in [0.5, 0.6) is 0 Å². The molecule has 0 unspecified atom stereocenters. The Balaban J connectivity index is 1.27. The molecular formula is C52H34N2. The Morgan fingerprint density at radius 3 is 1.52 bits per heavy atom. The highest BCUT2D eigenvalue weighted by atomic mass is 14.9. The van der Waals surface area contributed by atoms with Crippen LogP contribution in [-0.4, -0.2) is 9.97 Å². The van der Waals surface area contributed by atoms with Crippen molar-refractivity contribution in [2.24, 2.45) is 0 Å². The third kappa shape index (κ3) is 5.71. The van der Waals surface area contributed by atoms with E-state index in [9.17, 15) is 0 Å². The minimum atomic E-state index is 0.688. The molecule has 2 nitrogen and oxygen atoms in total. The quantitative estimate of drug-likeness (QED) is 0.129. The van der Waals surface area contributed by atoms with Gasteiger partial charge >= 0.3 is 0 Å². The van der Waals surface area contributed by atoms with Gasteiger partial charge in [-0.3, -0.25) is 0 Å². The van der Waals surface area contributed by atoms with E-state index in [1.807, 2.05) is 0 Å². The van der Waals surface area contributed by atoms with Gasteiger partial charge < -0.3 is 0 Å². The van der Waals surface area contributed by atoms with Crippen molar-refractivity contribution in [1.29, 1.82) is 0 Å². The van der Waals surface area contributed by atoms with Gasteiger partial charge in [0, 0.05) is 16.7 Å². The summed E-state index contributed by atoms with van der Waals surface area (Å²) in [6.07, 6.45) is 0. The molecule has 10 rings (SSSR count). The average molecular weight is 687 g/mol. The fourth-order valence-electron chi connectivity index (χ4n) is 7.82. The maximum atomic E-state index is 5.45. The van der Waals surface area contributed by atoms with Crippen molar-refractivity contribution in [1.82, 2.24) is 9.97 Å². The van der Waals surface area contributed by atoms with Crippen molar-refractivity contribution >= 4 is 32.3 Å². The lowest BCUT2D eigenvalue weighted by Crippen LogP contribution is -1.98. The minimum Gasteiger partial charge on any atom is -0.228 e. The molecule has 0 amide bonds. The zero-order chi connectivity index (χ0) is 35.8. The van der Waals surface area contributed by atoms with E-state index in [0.29, 0.717) is 5.82 Å². The highest BCUT2D eigenvalue weighted by Crippen LogP contribution is 2.42. The van der Waals surface area contributed by atoms with Crippen LogP contribution in [0, 0.1) is 0 Å². The van der Waals surface area contributed by atoms with E-state index in [-0.39, 0.29) is 0 Å². The van der Waals surface area contributed by atoms with Crippen LogP contribution >= 0.6 is 0 Å². The normalized spacial score (nSPS) is 11.3. The molecule has 54 heavy (non-hydrogen) atoms. The van der Waals surface area contributed by atoms with Crippen LogP contribution in [-0.2, 0) is 0 Å². The maximum absolute atomic E-state index is 5.45. The van der Waals surface area contributed by atoms with Crippen molar-refractivity contribution in [2.75, 3.05) is 0 Å². The number of rotatable bonds is 6. The first-order valence-corrected chi connectivity index (χ1v) is 18.4. The van der Waals surface area contributed by atoms with E-state index in [0.717, 1.165) is 61.3 Å². The molecule has 1 heterocycles. The number of fused-ring (bicyclic) bond motifs is 4. The molecule has 0 bridgehead atoms.